The summed E-state index contributed by atoms with van der Waals surface area (Å²) in [6, 6.07) is 15.1. The molecule has 25 heavy (non-hydrogen) atoms. The van der Waals surface area contributed by atoms with Gasteiger partial charge in [0, 0.05) is 10.0 Å². The first-order chi connectivity index (χ1) is 12.1. The summed E-state index contributed by atoms with van der Waals surface area (Å²) in [5, 5.41) is 3.37. The number of ether oxygens (including phenoxy) is 1. The molecule has 1 aliphatic rings. The van der Waals surface area contributed by atoms with Crippen LogP contribution in [-0.2, 0) is 4.79 Å². The van der Waals surface area contributed by atoms with Gasteiger partial charge in [-0.3, -0.25) is 9.69 Å². The number of carbonyl (C=O) groups is 1. The fraction of sp³-hybridized carbons (Fsp3) is 0.158. The highest BCUT2D eigenvalue weighted by Gasteiger charge is 2.32. The van der Waals surface area contributed by atoms with Crippen LogP contribution < -0.4 is 15.0 Å². The smallest absolute Gasteiger partial charge is 0.281 e. The molecule has 1 aliphatic heterocycles. The van der Waals surface area contributed by atoms with Crippen molar-refractivity contribution >= 4 is 50.9 Å². The monoisotopic (exact) mass is 416 g/mol. The van der Waals surface area contributed by atoms with Gasteiger partial charge in [0.1, 0.15) is 11.4 Å². The number of thiocarbonyl (C=S) groups is 1. The van der Waals surface area contributed by atoms with Crippen molar-refractivity contribution in [3.8, 4) is 5.75 Å². The molecule has 0 aromatic heterocycles. The summed E-state index contributed by atoms with van der Waals surface area (Å²) in [5.41, 5.74) is 1.98. The van der Waals surface area contributed by atoms with Crippen LogP contribution in [0.15, 0.2) is 58.7 Å². The number of para-hydroxylation sites is 1. The predicted octanol–water partition coefficient (Wildman–Crippen LogP) is 4.50. The molecule has 0 aliphatic carbocycles. The number of rotatable bonds is 5. The quantitative estimate of drug-likeness (QED) is 0.575. The second-order valence-corrected chi connectivity index (χ2v) is 6.80. The minimum Gasteiger partial charge on any atom is -0.493 e. The zero-order chi connectivity index (χ0) is 17.8. The van der Waals surface area contributed by atoms with Crippen LogP contribution in [0.2, 0.25) is 0 Å². The first-order valence-corrected chi connectivity index (χ1v) is 9.15. The van der Waals surface area contributed by atoms with Gasteiger partial charge in [-0.05, 0) is 55.0 Å². The number of carbonyl (C=O) groups excluding carboxylic acids is 1. The number of nitrogens with one attached hydrogen (secondary N) is 1. The molecule has 6 heteroatoms. The van der Waals surface area contributed by atoms with E-state index in [9.17, 15) is 4.79 Å². The highest BCUT2D eigenvalue weighted by atomic mass is 79.9. The lowest BCUT2D eigenvalue weighted by molar-refractivity contribution is -0.113. The Bertz CT molecular complexity index is 837. The molecule has 128 valence electrons. The van der Waals surface area contributed by atoms with Crippen molar-refractivity contribution in [3.05, 3.63) is 64.3 Å². The molecule has 2 aromatic carbocycles. The van der Waals surface area contributed by atoms with Gasteiger partial charge in [-0.25, -0.2) is 0 Å². The van der Waals surface area contributed by atoms with Gasteiger partial charge in [0.2, 0.25) is 0 Å². The number of amides is 1. The van der Waals surface area contributed by atoms with Gasteiger partial charge in [-0.15, -0.1) is 0 Å². The lowest BCUT2D eigenvalue weighted by Crippen LogP contribution is -2.30. The van der Waals surface area contributed by atoms with Crippen LogP contribution in [0.5, 0.6) is 5.75 Å². The number of hydrogen-bond donors (Lipinski definition) is 1. The van der Waals surface area contributed by atoms with E-state index < -0.39 is 0 Å². The lowest BCUT2D eigenvalue weighted by Gasteiger charge is -2.13. The minimum atomic E-state index is -0.183. The predicted molar refractivity (Wildman–Crippen MR) is 108 cm³/mol. The fourth-order valence-electron chi connectivity index (χ4n) is 2.48. The highest BCUT2D eigenvalue weighted by molar-refractivity contribution is 9.10. The van der Waals surface area contributed by atoms with Crippen LogP contribution in [0.1, 0.15) is 18.9 Å². The molecule has 0 bridgehead atoms. The third kappa shape index (κ3) is 3.91. The summed E-state index contributed by atoms with van der Waals surface area (Å²) in [6.07, 6.45) is 2.68. The Kier molecular flexibility index (Phi) is 5.50. The molecule has 1 amide bonds. The maximum absolute atomic E-state index is 12.8. The normalized spacial score (nSPS) is 15.6. The molecule has 0 unspecified atom stereocenters. The Morgan fingerprint density at radius 3 is 2.72 bits per heavy atom. The molecule has 0 spiro atoms. The van der Waals surface area contributed by atoms with E-state index >= 15 is 0 Å². The van der Waals surface area contributed by atoms with Crippen molar-refractivity contribution < 1.29 is 9.53 Å². The number of benzene rings is 2. The topological polar surface area (TPSA) is 41.6 Å². The van der Waals surface area contributed by atoms with Crippen molar-refractivity contribution in [1.29, 1.82) is 0 Å². The van der Waals surface area contributed by atoms with E-state index in [-0.39, 0.29) is 5.91 Å². The van der Waals surface area contributed by atoms with E-state index in [0.717, 1.165) is 27.9 Å². The van der Waals surface area contributed by atoms with Crippen LogP contribution >= 0.6 is 28.1 Å². The number of nitrogens with zero attached hydrogens (tertiary/aromatic N) is 1. The third-order valence-electron chi connectivity index (χ3n) is 3.63. The third-order valence-corrected chi connectivity index (χ3v) is 4.40. The molecular formula is C19H17BrN2O2S. The molecule has 3 rings (SSSR count). The first-order valence-electron chi connectivity index (χ1n) is 7.94. The SMILES string of the molecule is CCCOc1ccc(Br)cc1/C=C1/NC(=S)N(c2ccccc2)C1=O. The molecule has 0 radical (unpaired) electrons. The molecule has 4 nitrogen and oxygen atoms in total. The average molecular weight is 417 g/mol. The Morgan fingerprint density at radius 2 is 2.00 bits per heavy atom. The van der Waals surface area contributed by atoms with E-state index in [4.69, 9.17) is 17.0 Å². The van der Waals surface area contributed by atoms with Crippen LogP contribution in [0.3, 0.4) is 0 Å². The fourth-order valence-corrected chi connectivity index (χ4v) is 3.15. The van der Waals surface area contributed by atoms with E-state index in [1.807, 2.05) is 48.5 Å². The Balaban J connectivity index is 1.94. The van der Waals surface area contributed by atoms with Crippen LogP contribution in [0.25, 0.3) is 6.08 Å². The summed E-state index contributed by atoms with van der Waals surface area (Å²) in [6.45, 7) is 2.67. The van der Waals surface area contributed by atoms with Crippen LogP contribution in [-0.4, -0.2) is 17.6 Å². The summed E-state index contributed by atoms with van der Waals surface area (Å²) in [4.78, 5) is 14.3. The second-order valence-electron chi connectivity index (χ2n) is 5.49. The van der Waals surface area contributed by atoms with E-state index in [1.165, 1.54) is 4.90 Å². The lowest BCUT2D eigenvalue weighted by atomic mass is 10.1. The molecule has 2 aromatic rings. The molecule has 1 fully saturated rings. The van der Waals surface area contributed by atoms with Crippen LogP contribution in [0, 0.1) is 0 Å². The number of hydrogen-bond acceptors (Lipinski definition) is 3. The van der Waals surface area contributed by atoms with Crippen molar-refractivity contribution in [2.45, 2.75) is 13.3 Å². The standard InChI is InChI=1S/C19H17BrN2O2S/c1-2-10-24-17-9-8-14(20)11-13(17)12-16-18(23)22(19(25)21-16)15-6-4-3-5-7-15/h3-9,11-12H,2,10H2,1H3,(H,21,25)/b16-12+. The van der Waals surface area contributed by atoms with Gasteiger partial charge >= 0.3 is 0 Å². The zero-order valence-corrected chi connectivity index (χ0v) is 16.1. The van der Waals surface area contributed by atoms with Crippen molar-refractivity contribution in [3.63, 3.8) is 0 Å². The first kappa shape index (κ1) is 17.6. The van der Waals surface area contributed by atoms with Gasteiger partial charge in [0.15, 0.2) is 5.11 Å². The van der Waals surface area contributed by atoms with Gasteiger partial charge in [0.05, 0.1) is 12.3 Å². The Morgan fingerprint density at radius 1 is 1.24 bits per heavy atom. The van der Waals surface area contributed by atoms with E-state index in [0.29, 0.717) is 17.4 Å². The molecule has 1 heterocycles. The highest BCUT2D eigenvalue weighted by Crippen LogP contribution is 2.28. The Hall–Kier alpha value is -2.18. The summed E-state index contributed by atoms with van der Waals surface area (Å²) < 4.78 is 6.69. The van der Waals surface area contributed by atoms with Gasteiger partial charge in [-0.1, -0.05) is 41.1 Å². The van der Waals surface area contributed by atoms with E-state index in [2.05, 4.69) is 28.2 Å². The van der Waals surface area contributed by atoms with Gasteiger partial charge < -0.3 is 10.1 Å². The summed E-state index contributed by atoms with van der Waals surface area (Å²) in [5.74, 6) is 0.550. The molecule has 1 saturated heterocycles. The van der Waals surface area contributed by atoms with Crippen molar-refractivity contribution in [2.24, 2.45) is 0 Å². The zero-order valence-electron chi connectivity index (χ0n) is 13.7. The number of halogens is 1. The maximum Gasteiger partial charge on any atom is 0.281 e. The minimum absolute atomic E-state index is 0.183. The van der Waals surface area contributed by atoms with E-state index in [1.54, 1.807) is 6.08 Å². The second kappa shape index (κ2) is 7.80. The Labute approximate surface area is 160 Å². The molecule has 0 atom stereocenters. The van der Waals surface area contributed by atoms with Crippen molar-refractivity contribution in [1.82, 2.24) is 5.32 Å². The maximum atomic E-state index is 12.8. The van der Waals surface area contributed by atoms with Crippen molar-refractivity contribution in [2.75, 3.05) is 11.5 Å². The van der Waals surface area contributed by atoms with Gasteiger partial charge in [0.25, 0.3) is 5.91 Å². The largest absolute Gasteiger partial charge is 0.493 e. The average Bonchev–Trinajstić information content (AvgIpc) is 2.88. The number of anilines is 1. The summed E-state index contributed by atoms with van der Waals surface area (Å²) >= 11 is 8.80. The molecule has 1 N–H and O–H groups in total. The van der Waals surface area contributed by atoms with Crippen LogP contribution in [0.4, 0.5) is 5.69 Å². The van der Waals surface area contributed by atoms with Gasteiger partial charge in [-0.2, -0.15) is 0 Å². The molecule has 0 saturated carbocycles. The summed E-state index contributed by atoms with van der Waals surface area (Å²) in [7, 11) is 0. The molecular weight excluding hydrogens is 400 g/mol.